The molecule has 34 heavy (non-hydrogen) atoms. The van der Waals surface area contributed by atoms with E-state index < -0.39 is 0 Å². The van der Waals surface area contributed by atoms with E-state index in [1.54, 1.807) is 12.1 Å². The maximum Gasteiger partial charge on any atom is 0.264 e. The Morgan fingerprint density at radius 1 is 1.06 bits per heavy atom. The maximum atomic E-state index is 12.5. The van der Waals surface area contributed by atoms with Crippen LogP contribution in [0.3, 0.4) is 0 Å². The van der Waals surface area contributed by atoms with Crippen LogP contribution in [0.1, 0.15) is 29.2 Å². The molecule has 1 aliphatic rings. The normalized spacial score (nSPS) is 15.3. The minimum atomic E-state index is -0.192. The fourth-order valence-electron chi connectivity index (χ4n) is 3.28. The van der Waals surface area contributed by atoms with E-state index in [9.17, 15) is 10.1 Å². The monoisotopic (exact) mass is 469 g/mol. The summed E-state index contributed by atoms with van der Waals surface area (Å²) in [5.41, 5.74) is 4.13. The lowest BCUT2D eigenvalue weighted by atomic mass is 10.1. The first kappa shape index (κ1) is 23.1. The van der Waals surface area contributed by atoms with Gasteiger partial charge in [0.25, 0.3) is 5.91 Å². The zero-order valence-electron chi connectivity index (χ0n) is 18.9. The van der Waals surface area contributed by atoms with E-state index in [4.69, 9.17) is 9.47 Å². The average molecular weight is 470 g/mol. The number of carbonyl (C=O) groups is 1. The molecule has 0 radical (unpaired) electrons. The standard InChI is InChI=1S/C27H23N3O3S/c1-3-32-24-14-19(10-13-23(24)33-17-21-7-5-4-6-20(21)16-28)15-25-26(31)30-27(34-25)29-22-11-8-18(2)9-12-22/h4-15H,3,17H2,1-2H3,(H,29,30,31)/b25-15-. The first-order valence-electron chi connectivity index (χ1n) is 10.8. The van der Waals surface area contributed by atoms with E-state index in [0.717, 1.165) is 22.4 Å². The number of aryl methyl sites for hydroxylation is 1. The van der Waals surface area contributed by atoms with Crippen LogP contribution in [0, 0.1) is 18.3 Å². The molecular weight excluding hydrogens is 446 g/mol. The molecule has 0 aliphatic carbocycles. The molecule has 0 unspecified atom stereocenters. The molecule has 0 saturated carbocycles. The number of hydrogen-bond acceptors (Lipinski definition) is 6. The van der Waals surface area contributed by atoms with Gasteiger partial charge < -0.3 is 14.8 Å². The van der Waals surface area contributed by atoms with Crippen LogP contribution >= 0.6 is 11.8 Å². The van der Waals surface area contributed by atoms with Gasteiger partial charge in [0.1, 0.15) is 6.61 Å². The highest BCUT2D eigenvalue weighted by molar-refractivity contribution is 8.18. The third kappa shape index (κ3) is 5.66. The van der Waals surface area contributed by atoms with E-state index >= 15 is 0 Å². The van der Waals surface area contributed by atoms with E-state index in [2.05, 4.69) is 16.4 Å². The topological polar surface area (TPSA) is 83.7 Å². The number of nitrogens with zero attached hydrogens (tertiary/aromatic N) is 2. The summed E-state index contributed by atoms with van der Waals surface area (Å²) in [6.45, 7) is 4.63. The number of ether oxygens (including phenoxy) is 2. The predicted molar refractivity (Wildman–Crippen MR) is 135 cm³/mol. The summed E-state index contributed by atoms with van der Waals surface area (Å²) in [7, 11) is 0. The van der Waals surface area contributed by atoms with Gasteiger partial charge >= 0.3 is 0 Å². The van der Waals surface area contributed by atoms with Crippen LogP contribution in [-0.2, 0) is 11.4 Å². The Balaban J connectivity index is 1.52. The van der Waals surface area contributed by atoms with Crippen LogP contribution in [0.15, 0.2) is 76.6 Å². The van der Waals surface area contributed by atoms with Crippen molar-refractivity contribution in [3.63, 3.8) is 0 Å². The van der Waals surface area contributed by atoms with Crippen molar-refractivity contribution in [1.29, 1.82) is 5.26 Å². The van der Waals surface area contributed by atoms with Gasteiger partial charge in [0.2, 0.25) is 0 Å². The lowest BCUT2D eigenvalue weighted by Crippen LogP contribution is -2.19. The van der Waals surface area contributed by atoms with Gasteiger partial charge in [-0.05, 0) is 67.6 Å². The zero-order chi connectivity index (χ0) is 23.9. The minimum Gasteiger partial charge on any atom is -0.490 e. The molecule has 170 valence electrons. The molecule has 1 heterocycles. The molecule has 0 bridgehead atoms. The van der Waals surface area contributed by atoms with Crippen molar-refractivity contribution in [2.45, 2.75) is 20.5 Å². The highest BCUT2D eigenvalue weighted by Gasteiger charge is 2.24. The third-order valence-electron chi connectivity index (χ3n) is 5.00. The number of benzene rings is 3. The minimum absolute atomic E-state index is 0.192. The van der Waals surface area contributed by atoms with E-state index in [1.165, 1.54) is 11.8 Å². The lowest BCUT2D eigenvalue weighted by Gasteiger charge is -2.13. The molecule has 1 N–H and O–H groups in total. The quantitative estimate of drug-likeness (QED) is 0.446. The number of thioether (sulfide) groups is 1. The molecule has 6 nitrogen and oxygen atoms in total. The summed E-state index contributed by atoms with van der Waals surface area (Å²) < 4.78 is 11.7. The number of hydrogen-bond donors (Lipinski definition) is 1. The summed E-state index contributed by atoms with van der Waals surface area (Å²) in [6, 6.07) is 22.8. The van der Waals surface area contributed by atoms with Gasteiger partial charge in [-0.15, -0.1) is 0 Å². The fraction of sp³-hybridized carbons (Fsp3) is 0.148. The summed E-state index contributed by atoms with van der Waals surface area (Å²) in [5.74, 6) is 0.951. The molecule has 1 amide bonds. The number of rotatable bonds is 7. The average Bonchev–Trinajstić information content (AvgIpc) is 3.18. The van der Waals surface area contributed by atoms with Crippen LogP contribution in [0.2, 0.25) is 0 Å². The molecule has 3 aromatic rings. The SMILES string of the molecule is CCOc1cc(/C=C2\SC(=Nc3ccc(C)cc3)NC2=O)ccc1OCc1ccccc1C#N. The Morgan fingerprint density at radius 2 is 1.85 bits per heavy atom. The van der Waals surface area contributed by atoms with Crippen LogP contribution in [-0.4, -0.2) is 17.7 Å². The smallest absolute Gasteiger partial charge is 0.264 e. The van der Waals surface area contributed by atoms with Gasteiger partial charge in [-0.1, -0.05) is 42.0 Å². The Morgan fingerprint density at radius 3 is 2.62 bits per heavy atom. The van der Waals surface area contributed by atoms with Gasteiger partial charge in [0.05, 0.1) is 28.8 Å². The Hall–Kier alpha value is -4.02. The number of aliphatic imine (C=N–C) groups is 1. The molecule has 0 spiro atoms. The summed E-state index contributed by atoms with van der Waals surface area (Å²) in [5, 5.41) is 12.6. The van der Waals surface area contributed by atoms with Crippen molar-refractivity contribution in [2.75, 3.05) is 6.61 Å². The van der Waals surface area contributed by atoms with Gasteiger partial charge in [-0.25, -0.2) is 4.99 Å². The molecule has 1 fully saturated rings. The highest BCUT2D eigenvalue weighted by atomic mass is 32.2. The molecule has 0 aromatic heterocycles. The first-order chi connectivity index (χ1) is 16.6. The van der Waals surface area contributed by atoms with Crippen LogP contribution in [0.25, 0.3) is 6.08 Å². The third-order valence-corrected chi connectivity index (χ3v) is 5.91. The predicted octanol–water partition coefficient (Wildman–Crippen LogP) is 5.74. The first-order valence-corrected chi connectivity index (χ1v) is 11.6. The molecule has 4 rings (SSSR count). The second-order valence-electron chi connectivity index (χ2n) is 7.51. The summed E-state index contributed by atoms with van der Waals surface area (Å²) in [6.07, 6.45) is 1.80. The molecule has 0 atom stereocenters. The van der Waals surface area contributed by atoms with E-state index in [1.807, 2.05) is 74.5 Å². The van der Waals surface area contributed by atoms with Crippen molar-refractivity contribution >= 4 is 34.6 Å². The second-order valence-corrected chi connectivity index (χ2v) is 8.54. The molecule has 3 aromatic carbocycles. The Labute approximate surface area is 202 Å². The number of amidine groups is 1. The van der Waals surface area contributed by atoms with Crippen LogP contribution < -0.4 is 14.8 Å². The summed E-state index contributed by atoms with van der Waals surface area (Å²) in [4.78, 5) is 17.5. The van der Waals surface area contributed by atoms with E-state index in [-0.39, 0.29) is 12.5 Å². The van der Waals surface area contributed by atoms with Gasteiger partial charge in [0.15, 0.2) is 16.7 Å². The Bertz CT molecular complexity index is 1310. The Kier molecular flexibility index (Phi) is 7.31. The van der Waals surface area contributed by atoms with Gasteiger partial charge in [-0.3, -0.25) is 4.79 Å². The number of amides is 1. The number of nitrogens with one attached hydrogen (secondary N) is 1. The van der Waals surface area contributed by atoms with Crippen LogP contribution in [0.4, 0.5) is 5.69 Å². The van der Waals surface area contributed by atoms with Crippen molar-refractivity contribution < 1.29 is 14.3 Å². The highest BCUT2D eigenvalue weighted by Crippen LogP contribution is 2.33. The zero-order valence-corrected chi connectivity index (χ0v) is 19.7. The fourth-order valence-corrected chi connectivity index (χ4v) is 4.12. The number of carbonyl (C=O) groups excluding carboxylic acids is 1. The van der Waals surface area contributed by atoms with Crippen molar-refractivity contribution in [2.24, 2.45) is 4.99 Å². The van der Waals surface area contributed by atoms with Crippen LogP contribution in [0.5, 0.6) is 11.5 Å². The van der Waals surface area contributed by atoms with E-state index in [0.29, 0.717) is 33.7 Å². The van der Waals surface area contributed by atoms with Gasteiger partial charge in [0, 0.05) is 5.56 Å². The lowest BCUT2D eigenvalue weighted by molar-refractivity contribution is -0.115. The maximum absolute atomic E-state index is 12.5. The number of nitriles is 1. The van der Waals surface area contributed by atoms with Gasteiger partial charge in [-0.2, -0.15) is 5.26 Å². The van der Waals surface area contributed by atoms with Crippen molar-refractivity contribution in [3.05, 3.63) is 93.9 Å². The van der Waals surface area contributed by atoms with Crippen molar-refractivity contribution in [1.82, 2.24) is 5.32 Å². The van der Waals surface area contributed by atoms with Crippen molar-refractivity contribution in [3.8, 4) is 17.6 Å². The molecule has 1 aliphatic heterocycles. The molecule has 7 heteroatoms. The molecule has 1 saturated heterocycles. The second kappa shape index (κ2) is 10.7. The molecular formula is C27H23N3O3S. The summed E-state index contributed by atoms with van der Waals surface area (Å²) >= 11 is 1.30. The largest absolute Gasteiger partial charge is 0.490 e.